The summed E-state index contributed by atoms with van der Waals surface area (Å²) in [5.41, 5.74) is 4.02. The zero-order chi connectivity index (χ0) is 17.2. The normalized spacial score (nSPS) is 17.6. The number of urea groups is 1. The molecular formula is C20H22N4O. The fourth-order valence-corrected chi connectivity index (χ4v) is 3.48. The molecule has 2 amide bonds. The number of imidazole rings is 1. The maximum atomic E-state index is 12.6. The number of hydrogen-bond donors (Lipinski definition) is 2. The molecule has 3 aromatic rings. The molecule has 0 spiro atoms. The number of aromatic nitrogens is 2. The topological polar surface area (TPSA) is 61.0 Å². The van der Waals surface area contributed by atoms with Crippen molar-refractivity contribution >= 4 is 22.8 Å². The van der Waals surface area contributed by atoms with Gasteiger partial charge in [0.1, 0.15) is 5.82 Å². The number of H-pyrrole nitrogens is 1. The minimum atomic E-state index is -0.0357. The summed E-state index contributed by atoms with van der Waals surface area (Å²) in [6.45, 7) is 3.50. The van der Waals surface area contributed by atoms with Crippen molar-refractivity contribution in [2.45, 2.75) is 25.7 Å². The van der Waals surface area contributed by atoms with Gasteiger partial charge in [-0.25, -0.2) is 9.78 Å². The fraction of sp³-hybridized carbons (Fsp3) is 0.300. The van der Waals surface area contributed by atoms with Gasteiger partial charge >= 0.3 is 6.03 Å². The molecule has 5 heteroatoms. The van der Waals surface area contributed by atoms with Crippen molar-refractivity contribution in [1.82, 2.24) is 14.9 Å². The summed E-state index contributed by atoms with van der Waals surface area (Å²) in [7, 11) is 0. The highest BCUT2D eigenvalue weighted by molar-refractivity contribution is 5.89. The smallest absolute Gasteiger partial charge is 0.321 e. The van der Waals surface area contributed by atoms with E-state index in [1.807, 2.05) is 60.4 Å². The molecular weight excluding hydrogens is 312 g/mol. The number of carbonyl (C=O) groups is 1. The number of amides is 2. The van der Waals surface area contributed by atoms with E-state index in [0.717, 1.165) is 47.5 Å². The second kappa shape index (κ2) is 6.59. The van der Waals surface area contributed by atoms with Gasteiger partial charge in [-0.15, -0.1) is 0 Å². The molecule has 0 bridgehead atoms. The fourth-order valence-electron chi connectivity index (χ4n) is 3.48. The van der Waals surface area contributed by atoms with Gasteiger partial charge < -0.3 is 15.2 Å². The van der Waals surface area contributed by atoms with Crippen LogP contribution in [0.4, 0.5) is 10.5 Å². The summed E-state index contributed by atoms with van der Waals surface area (Å²) in [6, 6.07) is 15.9. The Hall–Kier alpha value is -2.82. The van der Waals surface area contributed by atoms with Crippen LogP contribution in [0.25, 0.3) is 11.0 Å². The molecule has 0 saturated carbocycles. The first-order valence-electron chi connectivity index (χ1n) is 8.76. The van der Waals surface area contributed by atoms with Gasteiger partial charge in [0.15, 0.2) is 0 Å². The van der Waals surface area contributed by atoms with Crippen LogP contribution in [0.5, 0.6) is 0 Å². The molecule has 1 saturated heterocycles. The summed E-state index contributed by atoms with van der Waals surface area (Å²) in [4.78, 5) is 22.6. The number of fused-ring (bicyclic) bond motifs is 1. The lowest BCUT2D eigenvalue weighted by atomic mass is 9.97. The zero-order valence-electron chi connectivity index (χ0n) is 14.3. The largest absolute Gasteiger partial charge is 0.342 e. The van der Waals surface area contributed by atoms with Gasteiger partial charge in [0.05, 0.1) is 11.0 Å². The van der Waals surface area contributed by atoms with Gasteiger partial charge in [-0.2, -0.15) is 0 Å². The van der Waals surface area contributed by atoms with E-state index < -0.39 is 0 Å². The van der Waals surface area contributed by atoms with Crippen LogP contribution in [0.2, 0.25) is 0 Å². The van der Waals surface area contributed by atoms with Crippen LogP contribution in [-0.4, -0.2) is 34.0 Å². The number of nitrogens with zero attached hydrogens (tertiary/aromatic N) is 2. The average molecular weight is 334 g/mol. The standard InChI is InChI=1S/C20H22N4O/c1-14-6-4-8-16(12-14)21-20(25)24-11-5-7-15(13-24)19-22-17-9-2-3-10-18(17)23-19/h2-4,6,8-10,12,15H,5,7,11,13H2,1H3,(H,21,25)(H,22,23)/t15-/m1/s1. The highest BCUT2D eigenvalue weighted by atomic mass is 16.2. The quantitative estimate of drug-likeness (QED) is 0.735. The van der Waals surface area contributed by atoms with Crippen molar-refractivity contribution in [3.05, 3.63) is 59.9 Å². The Bertz CT molecular complexity index is 868. The van der Waals surface area contributed by atoms with Crippen molar-refractivity contribution < 1.29 is 4.79 Å². The first kappa shape index (κ1) is 15.7. The van der Waals surface area contributed by atoms with E-state index in [4.69, 9.17) is 4.98 Å². The molecule has 1 fully saturated rings. The number of hydrogen-bond acceptors (Lipinski definition) is 2. The van der Waals surface area contributed by atoms with Crippen molar-refractivity contribution in [2.24, 2.45) is 0 Å². The second-order valence-electron chi connectivity index (χ2n) is 6.72. The van der Waals surface area contributed by atoms with Gasteiger partial charge in [-0.05, 0) is 49.6 Å². The molecule has 25 heavy (non-hydrogen) atoms. The zero-order valence-corrected chi connectivity index (χ0v) is 14.3. The lowest BCUT2D eigenvalue weighted by Gasteiger charge is -2.31. The summed E-state index contributed by atoms with van der Waals surface area (Å²) >= 11 is 0. The minimum absolute atomic E-state index is 0.0357. The Morgan fingerprint density at radius 1 is 1.24 bits per heavy atom. The number of aromatic amines is 1. The summed E-state index contributed by atoms with van der Waals surface area (Å²) in [6.07, 6.45) is 2.04. The van der Waals surface area contributed by atoms with E-state index in [0.29, 0.717) is 6.54 Å². The molecule has 4 rings (SSSR count). The highest BCUT2D eigenvalue weighted by Gasteiger charge is 2.26. The maximum absolute atomic E-state index is 12.6. The Kier molecular flexibility index (Phi) is 4.14. The predicted octanol–water partition coefficient (Wildman–Crippen LogP) is 4.28. The number of benzene rings is 2. The minimum Gasteiger partial charge on any atom is -0.342 e. The van der Waals surface area contributed by atoms with Gasteiger partial charge in [-0.1, -0.05) is 24.3 Å². The summed E-state index contributed by atoms with van der Waals surface area (Å²) in [5, 5.41) is 3.01. The molecule has 2 N–H and O–H groups in total. The molecule has 1 aliphatic rings. The Labute approximate surface area is 147 Å². The second-order valence-corrected chi connectivity index (χ2v) is 6.72. The number of carbonyl (C=O) groups excluding carboxylic acids is 1. The van der Waals surface area contributed by atoms with E-state index >= 15 is 0 Å². The third kappa shape index (κ3) is 3.36. The molecule has 2 heterocycles. The van der Waals surface area contributed by atoms with Gasteiger partial charge in [0, 0.05) is 24.7 Å². The molecule has 128 valence electrons. The molecule has 1 aromatic heterocycles. The lowest BCUT2D eigenvalue weighted by Crippen LogP contribution is -2.41. The molecule has 1 atom stereocenters. The van der Waals surface area contributed by atoms with Crippen LogP contribution in [0.3, 0.4) is 0 Å². The summed E-state index contributed by atoms with van der Waals surface area (Å²) in [5.74, 6) is 1.23. The third-order valence-corrected chi connectivity index (χ3v) is 4.77. The highest BCUT2D eigenvalue weighted by Crippen LogP contribution is 2.27. The first-order chi connectivity index (χ1) is 12.2. The van der Waals surface area contributed by atoms with Crippen molar-refractivity contribution in [3.63, 3.8) is 0 Å². The van der Waals surface area contributed by atoms with Crippen LogP contribution >= 0.6 is 0 Å². The number of likely N-dealkylation sites (tertiary alicyclic amines) is 1. The number of piperidine rings is 1. The first-order valence-corrected chi connectivity index (χ1v) is 8.76. The van der Waals surface area contributed by atoms with Crippen molar-refractivity contribution in [3.8, 4) is 0 Å². The van der Waals surface area contributed by atoms with E-state index in [9.17, 15) is 4.79 Å². The molecule has 0 aliphatic carbocycles. The number of anilines is 1. The molecule has 5 nitrogen and oxygen atoms in total. The van der Waals surface area contributed by atoms with Crippen LogP contribution in [0.1, 0.15) is 30.1 Å². The van der Waals surface area contributed by atoms with Crippen molar-refractivity contribution in [2.75, 3.05) is 18.4 Å². The van der Waals surface area contributed by atoms with Crippen molar-refractivity contribution in [1.29, 1.82) is 0 Å². The Morgan fingerprint density at radius 2 is 2.12 bits per heavy atom. The number of para-hydroxylation sites is 2. The van der Waals surface area contributed by atoms with Gasteiger partial charge in [0.2, 0.25) is 0 Å². The maximum Gasteiger partial charge on any atom is 0.321 e. The van der Waals surface area contributed by atoms with E-state index in [1.54, 1.807) is 0 Å². The average Bonchev–Trinajstić information content (AvgIpc) is 3.06. The van der Waals surface area contributed by atoms with E-state index in [2.05, 4.69) is 10.3 Å². The molecule has 2 aromatic carbocycles. The monoisotopic (exact) mass is 334 g/mol. The number of aryl methyl sites for hydroxylation is 1. The van der Waals surface area contributed by atoms with Crippen LogP contribution in [0, 0.1) is 6.92 Å². The lowest BCUT2D eigenvalue weighted by molar-refractivity contribution is 0.191. The molecule has 0 unspecified atom stereocenters. The van der Waals surface area contributed by atoms with E-state index in [1.165, 1.54) is 0 Å². The molecule has 1 aliphatic heterocycles. The molecule has 0 radical (unpaired) electrons. The summed E-state index contributed by atoms with van der Waals surface area (Å²) < 4.78 is 0. The van der Waals surface area contributed by atoms with Gasteiger partial charge in [0.25, 0.3) is 0 Å². The number of rotatable bonds is 2. The van der Waals surface area contributed by atoms with Crippen LogP contribution in [-0.2, 0) is 0 Å². The van der Waals surface area contributed by atoms with E-state index in [-0.39, 0.29) is 11.9 Å². The predicted molar refractivity (Wildman–Crippen MR) is 99.8 cm³/mol. The van der Waals surface area contributed by atoms with Gasteiger partial charge in [-0.3, -0.25) is 0 Å². The number of nitrogens with one attached hydrogen (secondary N) is 2. The van der Waals surface area contributed by atoms with Crippen LogP contribution < -0.4 is 5.32 Å². The SMILES string of the molecule is Cc1cccc(NC(=O)N2CCC[C@@H](c3nc4ccccc4[nH]3)C2)c1. The third-order valence-electron chi connectivity index (χ3n) is 4.77. The Balaban J connectivity index is 1.47. The Morgan fingerprint density at radius 3 is 2.96 bits per heavy atom. The van der Waals surface area contributed by atoms with Crippen LogP contribution in [0.15, 0.2) is 48.5 Å².